The zero-order valence-corrected chi connectivity index (χ0v) is 19.3. The predicted octanol–water partition coefficient (Wildman–Crippen LogP) is 5.32. The molecule has 1 aliphatic rings. The van der Waals surface area contributed by atoms with Gasteiger partial charge >= 0.3 is 0 Å². The Kier molecular flexibility index (Phi) is 7.45. The molecular formula is C26H29NO4S. The molecule has 1 heterocycles. The van der Waals surface area contributed by atoms with Gasteiger partial charge in [-0.1, -0.05) is 30.3 Å². The molecule has 168 valence electrons. The quantitative estimate of drug-likeness (QED) is 0.500. The second-order valence-corrected chi connectivity index (χ2v) is 8.86. The van der Waals surface area contributed by atoms with E-state index in [0.717, 1.165) is 36.8 Å². The number of hydrogen-bond donors (Lipinski definition) is 1. The molecule has 1 aliphatic heterocycles. The van der Waals surface area contributed by atoms with E-state index in [2.05, 4.69) is 41.3 Å². The molecule has 1 atom stereocenters. The van der Waals surface area contributed by atoms with Crippen molar-refractivity contribution in [3.63, 3.8) is 0 Å². The van der Waals surface area contributed by atoms with E-state index in [-0.39, 0.29) is 11.9 Å². The highest BCUT2D eigenvalue weighted by Gasteiger charge is 2.26. The number of para-hydroxylation sites is 1. The number of ether oxygens (including phenoxy) is 3. The van der Waals surface area contributed by atoms with Gasteiger partial charge in [-0.3, -0.25) is 0 Å². The summed E-state index contributed by atoms with van der Waals surface area (Å²) in [6, 6.07) is 22.7. The third-order valence-corrected chi connectivity index (χ3v) is 6.91. The molecular weight excluding hydrogens is 422 g/mol. The van der Waals surface area contributed by atoms with E-state index >= 15 is 0 Å². The first-order valence-corrected chi connectivity index (χ1v) is 11.6. The van der Waals surface area contributed by atoms with Crippen LogP contribution in [0, 0.1) is 0 Å². The van der Waals surface area contributed by atoms with E-state index < -0.39 is 0 Å². The number of anilines is 1. The standard InChI is InChI=1S/C26H29NO4S/c1-29-20-10-11-23-26(17-20)32-25(22-8-3-4-9-24(22)30-2)12-13-27(23)18-19-6-5-7-21(16-19)31-15-14-28/h3-11,16-17,25,28H,12-15,18H2,1-2H3/t25-/m1/s1. The zero-order chi connectivity index (χ0) is 22.3. The smallest absolute Gasteiger partial charge is 0.123 e. The van der Waals surface area contributed by atoms with Crippen molar-refractivity contribution in [1.82, 2.24) is 0 Å². The van der Waals surface area contributed by atoms with E-state index in [9.17, 15) is 0 Å². The third kappa shape index (κ3) is 5.14. The van der Waals surface area contributed by atoms with Gasteiger partial charge in [0.05, 0.1) is 26.5 Å². The van der Waals surface area contributed by atoms with Gasteiger partial charge in [0.25, 0.3) is 0 Å². The number of thioether (sulfide) groups is 1. The van der Waals surface area contributed by atoms with Gasteiger partial charge in [-0.2, -0.15) is 0 Å². The Balaban J connectivity index is 1.64. The fourth-order valence-electron chi connectivity index (χ4n) is 4.02. The molecule has 0 bridgehead atoms. The summed E-state index contributed by atoms with van der Waals surface area (Å²) in [6.45, 7) is 1.99. The van der Waals surface area contributed by atoms with Crippen molar-refractivity contribution in [3.05, 3.63) is 77.9 Å². The lowest BCUT2D eigenvalue weighted by Crippen LogP contribution is -2.24. The van der Waals surface area contributed by atoms with Crippen molar-refractivity contribution in [1.29, 1.82) is 0 Å². The number of hydrogen-bond acceptors (Lipinski definition) is 6. The van der Waals surface area contributed by atoms with Crippen LogP contribution in [0.25, 0.3) is 0 Å². The predicted molar refractivity (Wildman–Crippen MR) is 129 cm³/mol. The second kappa shape index (κ2) is 10.7. The number of fused-ring (bicyclic) bond motifs is 1. The molecule has 32 heavy (non-hydrogen) atoms. The van der Waals surface area contributed by atoms with Gasteiger partial charge in [-0.05, 0) is 48.4 Å². The molecule has 5 nitrogen and oxygen atoms in total. The van der Waals surface area contributed by atoms with E-state index in [4.69, 9.17) is 19.3 Å². The summed E-state index contributed by atoms with van der Waals surface area (Å²) in [5, 5.41) is 9.32. The van der Waals surface area contributed by atoms with Crippen LogP contribution in [-0.4, -0.2) is 39.1 Å². The number of benzene rings is 3. The largest absolute Gasteiger partial charge is 0.497 e. The van der Waals surface area contributed by atoms with Crippen LogP contribution in [0.3, 0.4) is 0 Å². The van der Waals surface area contributed by atoms with E-state index in [1.165, 1.54) is 21.7 Å². The molecule has 1 N–H and O–H groups in total. The molecule has 4 rings (SSSR count). The summed E-state index contributed by atoms with van der Waals surface area (Å²) in [6.07, 6.45) is 0.989. The van der Waals surface area contributed by atoms with Gasteiger partial charge in [0, 0.05) is 28.8 Å². The van der Waals surface area contributed by atoms with Crippen LogP contribution >= 0.6 is 11.8 Å². The Morgan fingerprint density at radius 2 is 1.84 bits per heavy atom. The van der Waals surface area contributed by atoms with Crippen molar-refractivity contribution >= 4 is 17.4 Å². The zero-order valence-electron chi connectivity index (χ0n) is 18.5. The third-order valence-electron chi connectivity index (χ3n) is 5.56. The first-order valence-electron chi connectivity index (χ1n) is 10.8. The molecule has 0 unspecified atom stereocenters. The summed E-state index contributed by atoms with van der Waals surface area (Å²) < 4.78 is 16.8. The maximum absolute atomic E-state index is 9.04. The van der Waals surface area contributed by atoms with Gasteiger partial charge in [0.2, 0.25) is 0 Å². The summed E-state index contributed by atoms with van der Waals surface area (Å²) in [5.41, 5.74) is 3.59. The minimum absolute atomic E-state index is 0.00706. The van der Waals surface area contributed by atoms with Crippen LogP contribution in [-0.2, 0) is 6.54 Å². The average molecular weight is 452 g/mol. The minimum atomic E-state index is 0.00706. The van der Waals surface area contributed by atoms with Crippen molar-refractivity contribution < 1.29 is 19.3 Å². The lowest BCUT2D eigenvalue weighted by molar-refractivity contribution is 0.201. The molecule has 0 radical (unpaired) electrons. The van der Waals surface area contributed by atoms with E-state index in [0.29, 0.717) is 6.61 Å². The first kappa shape index (κ1) is 22.4. The molecule has 0 fully saturated rings. The fourth-order valence-corrected chi connectivity index (χ4v) is 5.37. The van der Waals surface area contributed by atoms with Crippen LogP contribution in [0.2, 0.25) is 0 Å². The lowest BCUT2D eigenvalue weighted by atomic mass is 10.1. The molecule has 0 saturated carbocycles. The van der Waals surface area contributed by atoms with Crippen LogP contribution < -0.4 is 19.1 Å². The molecule has 0 saturated heterocycles. The summed E-state index contributed by atoms with van der Waals surface area (Å²) in [7, 11) is 3.44. The van der Waals surface area contributed by atoms with Crippen LogP contribution in [0.4, 0.5) is 5.69 Å². The van der Waals surface area contributed by atoms with Crippen LogP contribution in [0.1, 0.15) is 22.8 Å². The topological polar surface area (TPSA) is 51.2 Å². The van der Waals surface area contributed by atoms with Crippen molar-refractivity contribution in [2.45, 2.75) is 23.1 Å². The number of methoxy groups -OCH3 is 2. The fraction of sp³-hybridized carbons (Fsp3) is 0.308. The van der Waals surface area contributed by atoms with Gasteiger partial charge in [0.1, 0.15) is 23.9 Å². The highest BCUT2D eigenvalue weighted by atomic mass is 32.2. The van der Waals surface area contributed by atoms with Crippen LogP contribution in [0.15, 0.2) is 71.6 Å². The molecule has 3 aromatic carbocycles. The van der Waals surface area contributed by atoms with Crippen molar-refractivity contribution in [3.8, 4) is 17.2 Å². The maximum Gasteiger partial charge on any atom is 0.123 e. The first-order chi connectivity index (χ1) is 15.7. The second-order valence-electron chi connectivity index (χ2n) is 7.61. The monoisotopic (exact) mass is 451 g/mol. The Hall–Kier alpha value is -2.83. The molecule has 6 heteroatoms. The highest BCUT2D eigenvalue weighted by molar-refractivity contribution is 7.99. The minimum Gasteiger partial charge on any atom is -0.497 e. The molecule has 0 aliphatic carbocycles. The number of aliphatic hydroxyl groups is 1. The Labute approximate surface area is 193 Å². The summed E-state index contributed by atoms with van der Waals surface area (Å²) in [5.74, 6) is 2.57. The normalized spacial score (nSPS) is 15.6. The Morgan fingerprint density at radius 3 is 2.66 bits per heavy atom. The molecule has 0 spiro atoms. The molecule has 0 aromatic heterocycles. The van der Waals surface area contributed by atoms with Crippen molar-refractivity contribution in [2.75, 3.05) is 38.9 Å². The van der Waals surface area contributed by atoms with Gasteiger partial charge in [-0.25, -0.2) is 0 Å². The molecule has 0 amide bonds. The lowest BCUT2D eigenvalue weighted by Gasteiger charge is -2.25. The van der Waals surface area contributed by atoms with Gasteiger partial charge < -0.3 is 24.2 Å². The number of rotatable bonds is 8. The van der Waals surface area contributed by atoms with Gasteiger partial charge in [0.15, 0.2) is 0 Å². The Morgan fingerprint density at radius 1 is 0.969 bits per heavy atom. The summed E-state index contributed by atoms with van der Waals surface area (Å²) >= 11 is 1.86. The molecule has 3 aromatic rings. The van der Waals surface area contributed by atoms with Crippen LogP contribution in [0.5, 0.6) is 17.2 Å². The SMILES string of the molecule is COc1ccc2c(c1)S[C@@H](c1ccccc1OC)CCN2Cc1cccc(OCCO)c1. The van der Waals surface area contributed by atoms with Gasteiger partial charge in [-0.15, -0.1) is 11.8 Å². The Bertz CT molecular complexity index is 1040. The average Bonchev–Trinajstić information content (AvgIpc) is 3.02. The van der Waals surface area contributed by atoms with E-state index in [1.807, 2.05) is 42.1 Å². The highest BCUT2D eigenvalue weighted by Crippen LogP contribution is 2.48. The number of aliphatic hydroxyl groups excluding tert-OH is 1. The van der Waals surface area contributed by atoms with E-state index in [1.54, 1.807) is 14.2 Å². The summed E-state index contributed by atoms with van der Waals surface area (Å²) in [4.78, 5) is 3.62. The number of nitrogens with zero attached hydrogens (tertiary/aromatic N) is 1. The van der Waals surface area contributed by atoms with Crippen molar-refractivity contribution in [2.24, 2.45) is 0 Å². The maximum atomic E-state index is 9.04.